The highest BCUT2D eigenvalue weighted by Gasteiger charge is 2.31. The van der Waals surface area contributed by atoms with Crippen LogP contribution in [0.15, 0.2) is 28.8 Å². The highest BCUT2D eigenvalue weighted by atomic mass is 16.5. The van der Waals surface area contributed by atoms with Crippen molar-refractivity contribution in [1.82, 2.24) is 10.1 Å². The average Bonchev–Trinajstić information content (AvgIpc) is 3.07. The summed E-state index contributed by atoms with van der Waals surface area (Å²) >= 11 is 0. The van der Waals surface area contributed by atoms with E-state index in [1.807, 2.05) is 0 Å². The average molecular weight is 284 g/mol. The largest absolute Gasteiger partial charge is 0.361 e. The van der Waals surface area contributed by atoms with Gasteiger partial charge in [0, 0.05) is 24.6 Å². The fourth-order valence-corrected chi connectivity index (χ4v) is 3.38. The van der Waals surface area contributed by atoms with Gasteiger partial charge >= 0.3 is 0 Å². The lowest BCUT2D eigenvalue weighted by Crippen LogP contribution is -2.23. The van der Waals surface area contributed by atoms with Crippen LogP contribution >= 0.6 is 0 Å². The van der Waals surface area contributed by atoms with Crippen LogP contribution in [0.25, 0.3) is 0 Å². The van der Waals surface area contributed by atoms with Gasteiger partial charge in [-0.05, 0) is 38.8 Å². The highest BCUT2D eigenvalue weighted by Crippen LogP contribution is 2.36. The van der Waals surface area contributed by atoms with Crippen molar-refractivity contribution < 1.29 is 4.52 Å². The second-order valence-electron chi connectivity index (χ2n) is 6.07. The summed E-state index contributed by atoms with van der Waals surface area (Å²) < 4.78 is 5.49. The molecular weight excluding hydrogens is 260 g/mol. The van der Waals surface area contributed by atoms with Crippen molar-refractivity contribution in [1.29, 1.82) is 0 Å². The normalized spacial score (nSPS) is 19.3. The third-order valence-corrected chi connectivity index (χ3v) is 4.51. The van der Waals surface area contributed by atoms with E-state index < -0.39 is 0 Å². The fourth-order valence-electron chi connectivity index (χ4n) is 3.38. The van der Waals surface area contributed by atoms with Crippen LogP contribution in [-0.4, -0.2) is 16.6 Å². The number of aryl methyl sites for hydroxylation is 3. The molecule has 0 spiro atoms. The van der Waals surface area contributed by atoms with Crippen molar-refractivity contribution in [2.45, 2.75) is 52.6 Å². The van der Waals surface area contributed by atoms with Gasteiger partial charge in [-0.1, -0.05) is 41.9 Å². The summed E-state index contributed by atoms with van der Waals surface area (Å²) in [5, 5.41) is 4.18. The predicted octanol–water partition coefficient (Wildman–Crippen LogP) is 4.19. The zero-order valence-electron chi connectivity index (χ0n) is 13.2. The Kier molecular flexibility index (Phi) is 4.11. The van der Waals surface area contributed by atoms with E-state index in [2.05, 4.69) is 55.1 Å². The van der Waals surface area contributed by atoms with E-state index in [0.717, 1.165) is 31.0 Å². The first-order valence-electron chi connectivity index (χ1n) is 7.93. The second-order valence-corrected chi connectivity index (χ2v) is 6.07. The van der Waals surface area contributed by atoms with Gasteiger partial charge in [0.1, 0.15) is 5.76 Å². The van der Waals surface area contributed by atoms with Crippen LogP contribution in [0.5, 0.6) is 0 Å². The van der Waals surface area contributed by atoms with Gasteiger partial charge in [-0.15, -0.1) is 0 Å². The molecule has 0 N–H and O–H groups in total. The number of aromatic nitrogens is 1. The van der Waals surface area contributed by atoms with E-state index in [-0.39, 0.29) is 0 Å². The maximum Gasteiger partial charge on any atom is 0.141 e. The smallest absolute Gasteiger partial charge is 0.141 e. The molecule has 1 fully saturated rings. The molecule has 1 aliphatic rings. The minimum Gasteiger partial charge on any atom is -0.361 e. The Morgan fingerprint density at radius 1 is 1.24 bits per heavy atom. The minimum atomic E-state index is 0.465. The van der Waals surface area contributed by atoms with Crippen molar-refractivity contribution in [2.24, 2.45) is 0 Å². The Labute approximate surface area is 126 Å². The van der Waals surface area contributed by atoms with E-state index in [9.17, 15) is 0 Å². The lowest BCUT2D eigenvalue weighted by atomic mass is 10.0. The molecule has 3 nitrogen and oxygen atoms in total. The Morgan fingerprint density at radius 2 is 2.00 bits per heavy atom. The van der Waals surface area contributed by atoms with Crippen LogP contribution < -0.4 is 0 Å². The lowest BCUT2D eigenvalue weighted by Gasteiger charge is -2.24. The molecule has 0 radical (unpaired) electrons. The van der Waals surface area contributed by atoms with Crippen LogP contribution in [-0.2, 0) is 13.0 Å². The molecule has 3 heteroatoms. The second kappa shape index (κ2) is 6.02. The number of hydrogen-bond acceptors (Lipinski definition) is 3. The van der Waals surface area contributed by atoms with Gasteiger partial charge in [-0.3, -0.25) is 4.90 Å². The first kappa shape index (κ1) is 14.3. The van der Waals surface area contributed by atoms with Crippen LogP contribution in [0.2, 0.25) is 0 Å². The van der Waals surface area contributed by atoms with Gasteiger partial charge < -0.3 is 4.52 Å². The van der Waals surface area contributed by atoms with Gasteiger partial charge in [0.15, 0.2) is 0 Å². The van der Waals surface area contributed by atoms with Gasteiger partial charge in [0.2, 0.25) is 0 Å². The van der Waals surface area contributed by atoms with E-state index in [1.165, 1.54) is 29.5 Å². The first-order valence-corrected chi connectivity index (χ1v) is 7.93. The molecule has 1 aliphatic heterocycles. The fraction of sp³-hybridized carbons (Fsp3) is 0.500. The quantitative estimate of drug-likeness (QED) is 0.843. The maximum atomic E-state index is 5.49. The molecule has 0 bridgehead atoms. The third-order valence-electron chi connectivity index (χ3n) is 4.51. The predicted molar refractivity (Wildman–Crippen MR) is 84.2 cm³/mol. The summed E-state index contributed by atoms with van der Waals surface area (Å²) in [4.78, 5) is 2.57. The lowest BCUT2D eigenvalue weighted by molar-refractivity contribution is 0.245. The molecule has 3 rings (SSSR count). The molecule has 0 aliphatic carbocycles. The van der Waals surface area contributed by atoms with Crippen molar-refractivity contribution in [2.75, 3.05) is 6.54 Å². The van der Waals surface area contributed by atoms with Crippen molar-refractivity contribution >= 4 is 0 Å². The Balaban J connectivity index is 1.82. The molecule has 112 valence electrons. The number of nitrogens with zero attached hydrogens (tertiary/aromatic N) is 2. The Morgan fingerprint density at radius 3 is 2.71 bits per heavy atom. The van der Waals surface area contributed by atoms with Crippen molar-refractivity contribution in [3.63, 3.8) is 0 Å². The molecule has 1 aromatic carbocycles. The van der Waals surface area contributed by atoms with E-state index >= 15 is 0 Å². The van der Waals surface area contributed by atoms with Crippen LogP contribution in [0, 0.1) is 13.8 Å². The van der Waals surface area contributed by atoms with E-state index in [1.54, 1.807) is 0 Å². The highest BCUT2D eigenvalue weighted by molar-refractivity contribution is 5.28. The number of hydrogen-bond donors (Lipinski definition) is 0. The van der Waals surface area contributed by atoms with E-state index in [4.69, 9.17) is 4.52 Å². The van der Waals surface area contributed by atoms with Gasteiger partial charge in [-0.25, -0.2) is 0 Å². The first-order chi connectivity index (χ1) is 10.2. The molecule has 0 unspecified atom stereocenters. The summed E-state index contributed by atoms with van der Waals surface area (Å²) in [6.07, 6.45) is 3.39. The molecule has 2 heterocycles. The van der Waals surface area contributed by atoms with Gasteiger partial charge in [0.25, 0.3) is 0 Å². The summed E-state index contributed by atoms with van der Waals surface area (Å²) in [5.41, 5.74) is 5.11. The van der Waals surface area contributed by atoms with Crippen molar-refractivity contribution in [3.8, 4) is 0 Å². The Hall–Kier alpha value is -1.61. The number of likely N-dealkylation sites (tertiary alicyclic amines) is 1. The van der Waals surface area contributed by atoms with Crippen LogP contribution in [0.4, 0.5) is 0 Å². The van der Waals surface area contributed by atoms with Gasteiger partial charge in [0.05, 0.1) is 5.69 Å². The minimum absolute atomic E-state index is 0.465. The summed E-state index contributed by atoms with van der Waals surface area (Å²) in [7, 11) is 0. The third kappa shape index (κ3) is 2.88. The molecule has 21 heavy (non-hydrogen) atoms. The topological polar surface area (TPSA) is 29.3 Å². The molecule has 2 aromatic rings. The molecular formula is C18H24N2O. The van der Waals surface area contributed by atoms with E-state index in [0.29, 0.717) is 6.04 Å². The summed E-state index contributed by atoms with van der Waals surface area (Å²) in [6, 6.07) is 9.34. The van der Waals surface area contributed by atoms with Crippen LogP contribution in [0.3, 0.4) is 0 Å². The molecule has 1 saturated heterocycles. The number of rotatable bonds is 4. The molecule has 0 amide bonds. The number of benzene rings is 1. The standard InChI is InChI=1S/C18H24N2O/c1-4-17-18(14(3)19-21-17)16-6-5-11-20(16)12-15-9-7-13(2)8-10-15/h7-10,16H,4-6,11-12H2,1-3H3/t16-/m1/s1. The summed E-state index contributed by atoms with van der Waals surface area (Å²) in [6.45, 7) is 8.52. The SMILES string of the molecule is CCc1onc(C)c1[C@H]1CCCN1Cc1ccc(C)cc1. The molecule has 0 saturated carbocycles. The van der Waals surface area contributed by atoms with Gasteiger partial charge in [-0.2, -0.15) is 0 Å². The maximum absolute atomic E-state index is 5.49. The molecule has 1 atom stereocenters. The molecule has 1 aromatic heterocycles. The van der Waals surface area contributed by atoms with Crippen molar-refractivity contribution in [3.05, 3.63) is 52.4 Å². The Bertz CT molecular complexity index is 600. The zero-order valence-corrected chi connectivity index (χ0v) is 13.2. The summed E-state index contributed by atoms with van der Waals surface area (Å²) in [5.74, 6) is 1.06. The zero-order chi connectivity index (χ0) is 14.8. The van der Waals surface area contributed by atoms with Crippen LogP contribution in [0.1, 0.15) is 54.0 Å². The monoisotopic (exact) mass is 284 g/mol.